The molecule has 5 heteroatoms. The van der Waals surface area contributed by atoms with E-state index in [-0.39, 0.29) is 11.9 Å². The third-order valence-electron chi connectivity index (χ3n) is 5.33. The Labute approximate surface area is 189 Å². The maximum Gasteiger partial charge on any atom is 0.261 e. The number of amides is 1. The standard InChI is InChI=1S/C26H32N2O2S/c1-4-28(5-2)19-9-10-20(3)27-26(29)25-18-17-24(31-25)21-13-15-23(16-14-21)30-22-11-7-6-8-12-22/h6-8,11-18,20H,4-5,9-10,19H2,1-3H3,(H,27,29). The molecule has 1 amide bonds. The van der Waals surface area contributed by atoms with Gasteiger partial charge in [-0.3, -0.25) is 4.79 Å². The molecule has 3 rings (SSSR count). The molecule has 1 N–H and O–H groups in total. The highest BCUT2D eigenvalue weighted by molar-refractivity contribution is 7.17. The van der Waals surface area contributed by atoms with Crippen molar-refractivity contribution in [3.8, 4) is 21.9 Å². The number of ether oxygens (including phenoxy) is 1. The molecule has 0 fully saturated rings. The zero-order valence-corrected chi connectivity index (χ0v) is 19.5. The molecule has 4 nitrogen and oxygen atoms in total. The van der Waals surface area contributed by atoms with Crippen LogP contribution in [0.5, 0.6) is 11.5 Å². The van der Waals surface area contributed by atoms with E-state index < -0.39 is 0 Å². The Kier molecular flexibility index (Phi) is 8.68. The van der Waals surface area contributed by atoms with Crippen LogP contribution in [0.15, 0.2) is 66.7 Å². The molecule has 0 spiro atoms. The van der Waals surface area contributed by atoms with Gasteiger partial charge in [0.1, 0.15) is 11.5 Å². The van der Waals surface area contributed by atoms with Crippen LogP contribution in [0.1, 0.15) is 43.3 Å². The number of hydrogen-bond donors (Lipinski definition) is 1. The smallest absolute Gasteiger partial charge is 0.261 e. The maximum atomic E-state index is 12.6. The number of hydrogen-bond acceptors (Lipinski definition) is 4. The van der Waals surface area contributed by atoms with Gasteiger partial charge in [-0.25, -0.2) is 0 Å². The molecular weight excluding hydrogens is 404 g/mol. The topological polar surface area (TPSA) is 41.6 Å². The van der Waals surface area contributed by atoms with Crippen molar-refractivity contribution in [3.63, 3.8) is 0 Å². The fraction of sp³-hybridized carbons (Fsp3) is 0.346. The average molecular weight is 437 g/mol. The highest BCUT2D eigenvalue weighted by Crippen LogP contribution is 2.30. The van der Waals surface area contributed by atoms with Crippen molar-refractivity contribution in [3.05, 3.63) is 71.6 Å². The average Bonchev–Trinajstić information content (AvgIpc) is 3.28. The third kappa shape index (κ3) is 6.94. The highest BCUT2D eigenvalue weighted by Gasteiger charge is 2.13. The van der Waals surface area contributed by atoms with Gasteiger partial charge in [0.25, 0.3) is 5.91 Å². The van der Waals surface area contributed by atoms with E-state index in [2.05, 4.69) is 31.0 Å². The molecule has 0 saturated heterocycles. The number of para-hydroxylation sites is 1. The lowest BCUT2D eigenvalue weighted by atomic mass is 10.1. The van der Waals surface area contributed by atoms with Gasteiger partial charge in [0.05, 0.1) is 4.88 Å². The molecule has 0 aliphatic carbocycles. The van der Waals surface area contributed by atoms with Crippen LogP contribution in [0.3, 0.4) is 0 Å². The molecule has 1 atom stereocenters. The Morgan fingerprint density at radius 1 is 0.968 bits per heavy atom. The molecule has 0 radical (unpaired) electrons. The van der Waals surface area contributed by atoms with Gasteiger partial charge >= 0.3 is 0 Å². The first-order chi connectivity index (χ1) is 15.1. The van der Waals surface area contributed by atoms with Crippen molar-refractivity contribution >= 4 is 17.2 Å². The number of benzene rings is 2. The normalized spacial score (nSPS) is 12.0. The van der Waals surface area contributed by atoms with Crippen LogP contribution < -0.4 is 10.1 Å². The van der Waals surface area contributed by atoms with E-state index in [9.17, 15) is 4.79 Å². The fourth-order valence-corrected chi connectivity index (χ4v) is 4.37. The molecule has 164 valence electrons. The third-order valence-corrected chi connectivity index (χ3v) is 6.46. The van der Waals surface area contributed by atoms with Gasteiger partial charge in [-0.15, -0.1) is 11.3 Å². The number of nitrogens with one attached hydrogen (secondary N) is 1. The van der Waals surface area contributed by atoms with Gasteiger partial charge in [-0.2, -0.15) is 0 Å². The van der Waals surface area contributed by atoms with Gasteiger partial charge in [0.2, 0.25) is 0 Å². The van der Waals surface area contributed by atoms with Crippen LogP contribution in [0.25, 0.3) is 10.4 Å². The van der Waals surface area contributed by atoms with E-state index in [1.54, 1.807) is 0 Å². The van der Waals surface area contributed by atoms with Crippen molar-refractivity contribution in [2.24, 2.45) is 0 Å². The number of carbonyl (C=O) groups excluding carboxylic acids is 1. The molecule has 2 aromatic carbocycles. The lowest BCUT2D eigenvalue weighted by Crippen LogP contribution is -2.33. The predicted molar refractivity (Wildman–Crippen MR) is 130 cm³/mol. The van der Waals surface area contributed by atoms with Crippen LogP contribution in [-0.4, -0.2) is 36.5 Å². The van der Waals surface area contributed by atoms with Crippen LogP contribution in [0, 0.1) is 0 Å². The molecule has 31 heavy (non-hydrogen) atoms. The summed E-state index contributed by atoms with van der Waals surface area (Å²) in [6, 6.07) is 21.8. The molecule has 0 aliphatic heterocycles. The minimum atomic E-state index is 0.00983. The zero-order chi connectivity index (χ0) is 22.1. The molecule has 1 unspecified atom stereocenters. The van der Waals surface area contributed by atoms with Gasteiger partial charge in [0, 0.05) is 10.9 Å². The van der Waals surface area contributed by atoms with E-state index in [1.165, 1.54) is 11.3 Å². The summed E-state index contributed by atoms with van der Waals surface area (Å²) in [7, 11) is 0. The number of nitrogens with zero attached hydrogens (tertiary/aromatic N) is 1. The Balaban J connectivity index is 1.52. The summed E-state index contributed by atoms with van der Waals surface area (Å²) >= 11 is 1.52. The first-order valence-electron chi connectivity index (χ1n) is 11.1. The van der Waals surface area contributed by atoms with Crippen LogP contribution in [-0.2, 0) is 0 Å². The molecule has 3 aromatic rings. The minimum Gasteiger partial charge on any atom is -0.457 e. The van der Waals surface area contributed by atoms with Gasteiger partial charge in [0.15, 0.2) is 0 Å². The number of thiophene rings is 1. The number of carbonyl (C=O) groups is 1. The second-order valence-corrected chi connectivity index (χ2v) is 8.73. The summed E-state index contributed by atoms with van der Waals surface area (Å²) in [6.07, 6.45) is 2.08. The second kappa shape index (κ2) is 11.7. The molecule has 1 aromatic heterocycles. The predicted octanol–water partition coefficient (Wildman–Crippen LogP) is 6.45. The fourth-order valence-electron chi connectivity index (χ4n) is 3.45. The van der Waals surface area contributed by atoms with E-state index in [1.807, 2.05) is 66.7 Å². The highest BCUT2D eigenvalue weighted by atomic mass is 32.1. The van der Waals surface area contributed by atoms with E-state index in [4.69, 9.17) is 4.74 Å². The quantitative estimate of drug-likeness (QED) is 0.376. The van der Waals surface area contributed by atoms with Crippen molar-refractivity contribution < 1.29 is 9.53 Å². The maximum absolute atomic E-state index is 12.6. The van der Waals surface area contributed by atoms with E-state index in [0.717, 1.165) is 59.3 Å². The Morgan fingerprint density at radius 3 is 2.32 bits per heavy atom. The van der Waals surface area contributed by atoms with Crippen LogP contribution >= 0.6 is 11.3 Å². The molecular formula is C26H32N2O2S. The van der Waals surface area contributed by atoms with Gasteiger partial charge in [-0.1, -0.05) is 32.0 Å². The Hall–Kier alpha value is -2.63. The van der Waals surface area contributed by atoms with Gasteiger partial charge < -0.3 is 15.0 Å². The molecule has 1 heterocycles. The molecule has 0 saturated carbocycles. The van der Waals surface area contributed by atoms with Crippen LogP contribution in [0.2, 0.25) is 0 Å². The summed E-state index contributed by atoms with van der Waals surface area (Å²) in [5.41, 5.74) is 1.08. The monoisotopic (exact) mass is 436 g/mol. The summed E-state index contributed by atoms with van der Waals surface area (Å²) in [5, 5.41) is 3.14. The second-order valence-electron chi connectivity index (χ2n) is 7.65. The summed E-state index contributed by atoms with van der Waals surface area (Å²) < 4.78 is 5.85. The summed E-state index contributed by atoms with van der Waals surface area (Å²) in [6.45, 7) is 9.70. The first-order valence-corrected chi connectivity index (χ1v) is 11.9. The lowest BCUT2D eigenvalue weighted by molar-refractivity contribution is 0.0941. The Morgan fingerprint density at radius 2 is 1.65 bits per heavy atom. The van der Waals surface area contributed by atoms with Crippen LogP contribution in [0.4, 0.5) is 0 Å². The van der Waals surface area contributed by atoms with Crippen molar-refractivity contribution in [1.82, 2.24) is 10.2 Å². The van der Waals surface area contributed by atoms with E-state index >= 15 is 0 Å². The SMILES string of the molecule is CCN(CC)CCCC(C)NC(=O)c1ccc(-c2ccc(Oc3ccccc3)cc2)s1. The van der Waals surface area contributed by atoms with Crippen molar-refractivity contribution in [2.45, 2.75) is 39.7 Å². The van der Waals surface area contributed by atoms with Crippen molar-refractivity contribution in [1.29, 1.82) is 0 Å². The summed E-state index contributed by atoms with van der Waals surface area (Å²) in [5.74, 6) is 1.62. The number of rotatable bonds is 11. The zero-order valence-electron chi connectivity index (χ0n) is 18.6. The first kappa shape index (κ1) is 23.0. The van der Waals surface area contributed by atoms with E-state index in [0.29, 0.717) is 0 Å². The molecule has 0 bridgehead atoms. The Bertz CT molecular complexity index is 934. The molecule has 0 aliphatic rings. The largest absolute Gasteiger partial charge is 0.457 e. The summed E-state index contributed by atoms with van der Waals surface area (Å²) in [4.78, 5) is 16.9. The van der Waals surface area contributed by atoms with Crippen molar-refractivity contribution in [2.75, 3.05) is 19.6 Å². The van der Waals surface area contributed by atoms with Gasteiger partial charge in [-0.05, 0) is 93.5 Å². The minimum absolute atomic E-state index is 0.00983. The lowest BCUT2D eigenvalue weighted by Gasteiger charge is -2.19.